The van der Waals surface area contributed by atoms with Gasteiger partial charge in [0, 0.05) is 35.9 Å². The topological polar surface area (TPSA) is 21.9 Å². The Balaban J connectivity index is 1.83. The van der Waals surface area contributed by atoms with E-state index in [4.69, 9.17) is 0 Å². The predicted octanol–water partition coefficient (Wildman–Crippen LogP) is 4.41. The molecule has 0 atom stereocenters. The number of benzene rings is 2. The Kier molecular flexibility index (Phi) is 2.54. The third-order valence-corrected chi connectivity index (χ3v) is 4.16. The predicted molar refractivity (Wildman–Crippen MR) is 89.1 cm³/mol. The van der Waals surface area contributed by atoms with Gasteiger partial charge < -0.3 is 14.5 Å². The maximum atomic E-state index is 3.55. The first kappa shape index (κ1) is 12.1. The van der Waals surface area contributed by atoms with E-state index >= 15 is 0 Å². The molecule has 1 N–H and O–H groups in total. The maximum absolute atomic E-state index is 3.55. The van der Waals surface area contributed by atoms with Crippen molar-refractivity contribution in [3.63, 3.8) is 0 Å². The second kappa shape index (κ2) is 4.42. The third-order valence-electron chi connectivity index (χ3n) is 4.16. The van der Waals surface area contributed by atoms with Gasteiger partial charge in [-0.3, -0.25) is 0 Å². The Labute approximate surface area is 123 Å². The van der Waals surface area contributed by atoms with Gasteiger partial charge in [-0.1, -0.05) is 36.4 Å². The lowest BCUT2D eigenvalue weighted by molar-refractivity contribution is 0.945. The van der Waals surface area contributed by atoms with Crippen molar-refractivity contribution in [1.29, 1.82) is 0 Å². The smallest absolute Gasteiger partial charge is 0.112 e. The second-order valence-corrected chi connectivity index (χ2v) is 5.42. The van der Waals surface area contributed by atoms with Crippen molar-refractivity contribution < 1.29 is 0 Å². The Morgan fingerprint density at radius 2 is 1.10 bits per heavy atom. The summed E-state index contributed by atoms with van der Waals surface area (Å²) in [7, 11) is 4.18. The third kappa shape index (κ3) is 1.82. The molecule has 0 saturated carbocycles. The number of para-hydroxylation sites is 2. The number of aromatic nitrogens is 2. The molecule has 0 saturated heterocycles. The van der Waals surface area contributed by atoms with Crippen molar-refractivity contribution in [2.75, 3.05) is 5.32 Å². The molecule has 4 aromatic rings. The highest BCUT2D eigenvalue weighted by molar-refractivity contribution is 5.88. The van der Waals surface area contributed by atoms with Crippen LogP contribution in [0.4, 0.5) is 11.6 Å². The summed E-state index contributed by atoms with van der Waals surface area (Å²) >= 11 is 0. The number of hydrogen-bond acceptors (Lipinski definition) is 1. The van der Waals surface area contributed by atoms with Gasteiger partial charge in [-0.2, -0.15) is 0 Å². The number of aryl methyl sites for hydroxylation is 2. The van der Waals surface area contributed by atoms with E-state index in [1.54, 1.807) is 0 Å². The molecule has 0 aliphatic carbocycles. The minimum atomic E-state index is 1.10. The van der Waals surface area contributed by atoms with E-state index in [0.29, 0.717) is 0 Å². The van der Waals surface area contributed by atoms with Crippen molar-refractivity contribution in [2.45, 2.75) is 0 Å². The first-order valence-electron chi connectivity index (χ1n) is 7.10. The summed E-state index contributed by atoms with van der Waals surface area (Å²) in [6, 6.07) is 21.2. The molecule has 21 heavy (non-hydrogen) atoms. The molecule has 3 nitrogen and oxygen atoms in total. The molecule has 0 unspecified atom stereocenters. The Morgan fingerprint density at radius 3 is 1.52 bits per heavy atom. The number of nitrogens with zero attached hydrogens (tertiary/aromatic N) is 2. The fourth-order valence-electron chi connectivity index (χ4n) is 2.95. The minimum absolute atomic E-state index is 1.10. The summed E-state index contributed by atoms with van der Waals surface area (Å²) in [6.07, 6.45) is 0. The first-order valence-corrected chi connectivity index (χ1v) is 7.10. The zero-order valence-electron chi connectivity index (χ0n) is 12.2. The SMILES string of the molecule is Cn1c(Nc2cc3ccccc3n2C)cc2ccccc21. The number of fused-ring (bicyclic) bond motifs is 2. The lowest BCUT2D eigenvalue weighted by Crippen LogP contribution is -2.01. The molecule has 104 valence electrons. The molecule has 2 heterocycles. The van der Waals surface area contributed by atoms with E-state index in [9.17, 15) is 0 Å². The average Bonchev–Trinajstić information content (AvgIpc) is 2.99. The van der Waals surface area contributed by atoms with Gasteiger partial charge in [0.25, 0.3) is 0 Å². The van der Waals surface area contributed by atoms with E-state index in [2.05, 4.69) is 89.2 Å². The molecule has 0 aliphatic heterocycles. The van der Waals surface area contributed by atoms with Crippen LogP contribution in [0.25, 0.3) is 21.8 Å². The monoisotopic (exact) mass is 275 g/mol. The molecule has 3 heteroatoms. The highest BCUT2D eigenvalue weighted by Gasteiger charge is 2.09. The Bertz CT molecular complexity index is 866. The lowest BCUT2D eigenvalue weighted by atomic mass is 10.2. The van der Waals surface area contributed by atoms with Crippen LogP contribution in [0.2, 0.25) is 0 Å². The number of hydrogen-bond donors (Lipinski definition) is 1. The van der Waals surface area contributed by atoms with Crippen LogP contribution in [0.15, 0.2) is 60.7 Å². The van der Waals surface area contributed by atoms with Crippen LogP contribution >= 0.6 is 0 Å². The highest BCUT2D eigenvalue weighted by atomic mass is 15.2. The van der Waals surface area contributed by atoms with Crippen LogP contribution in [0.1, 0.15) is 0 Å². The van der Waals surface area contributed by atoms with Crippen molar-refractivity contribution in [3.8, 4) is 0 Å². The van der Waals surface area contributed by atoms with E-state index in [-0.39, 0.29) is 0 Å². The fourth-order valence-corrected chi connectivity index (χ4v) is 2.95. The van der Waals surface area contributed by atoms with Crippen LogP contribution < -0.4 is 5.32 Å². The quantitative estimate of drug-likeness (QED) is 0.575. The van der Waals surface area contributed by atoms with Crippen LogP contribution in [-0.2, 0) is 14.1 Å². The minimum Gasteiger partial charge on any atom is -0.330 e. The van der Waals surface area contributed by atoms with Crippen molar-refractivity contribution in [3.05, 3.63) is 60.7 Å². The van der Waals surface area contributed by atoms with Gasteiger partial charge in [-0.15, -0.1) is 0 Å². The molecule has 0 amide bonds. The molecule has 2 aromatic heterocycles. The van der Waals surface area contributed by atoms with Gasteiger partial charge in [-0.05, 0) is 24.3 Å². The van der Waals surface area contributed by atoms with Gasteiger partial charge in [0.2, 0.25) is 0 Å². The molecule has 0 bridgehead atoms. The molecule has 0 spiro atoms. The van der Waals surface area contributed by atoms with Crippen molar-refractivity contribution in [1.82, 2.24) is 9.13 Å². The molecule has 0 fully saturated rings. The Morgan fingerprint density at radius 1 is 0.667 bits per heavy atom. The van der Waals surface area contributed by atoms with Gasteiger partial charge in [0.1, 0.15) is 11.6 Å². The van der Waals surface area contributed by atoms with Crippen LogP contribution in [0.3, 0.4) is 0 Å². The number of nitrogens with one attached hydrogen (secondary N) is 1. The highest BCUT2D eigenvalue weighted by Crippen LogP contribution is 2.28. The standard InChI is InChI=1S/C18H17N3/c1-20-15-9-5-3-7-13(15)11-17(20)19-18-12-14-8-4-6-10-16(14)21(18)2/h3-12,19H,1-2H3. The van der Waals surface area contributed by atoms with Gasteiger partial charge in [0.05, 0.1) is 0 Å². The average molecular weight is 275 g/mol. The van der Waals surface area contributed by atoms with Crippen LogP contribution in [0.5, 0.6) is 0 Å². The molecular weight excluding hydrogens is 258 g/mol. The normalized spacial score (nSPS) is 11.3. The number of rotatable bonds is 2. The second-order valence-electron chi connectivity index (χ2n) is 5.42. The molecular formula is C18H17N3. The largest absolute Gasteiger partial charge is 0.330 e. The summed E-state index contributed by atoms with van der Waals surface area (Å²) in [5, 5.41) is 6.05. The summed E-state index contributed by atoms with van der Waals surface area (Å²) in [5.41, 5.74) is 2.47. The van der Waals surface area contributed by atoms with Gasteiger partial charge >= 0.3 is 0 Å². The van der Waals surface area contributed by atoms with E-state index < -0.39 is 0 Å². The van der Waals surface area contributed by atoms with E-state index in [0.717, 1.165) is 11.6 Å². The summed E-state index contributed by atoms with van der Waals surface area (Å²) in [5.74, 6) is 2.20. The van der Waals surface area contributed by atoms with Gasteiger partial charge in [-0.25, -0.2) is 0 Å². The van der Waals surface area contributed by atoms with Crippen molar-refractivity contribution in [2.24, 2.45) is 14.1 Å². The molecule has 0 radical (unpaired) electrons. The zero-order chi connectivity index (χ0) is 14.4. The summed E-state index contributed by atoms with van der Waals surface area (Å²) < 4.78 is 4.38. The van der Waals surface area contributed by atoms with Crippen molar-refractivity contribution >= 4 is 33.4 Å². The van der Waals surface area contributed by atoms with E-state index in [1.807, 2.05) is 0 Å². The molecule has 0 aliphatic rings. The summed E-state index contributed by atoms with van der Waals surface area (Å²) in [6.45, 7) is 0. The summed E-state index contributed by atoms with van der Waals surface area (Å²) in [4.78, 5) is 0. The van der Waals surface area contributed by atoms with Crippen LogP contribution in [0, 0.1) is 0 Å². The van der Waals surface area contributed by atoms with Gasteiger partial charge in [0.15, 0.2) is 0 Å². The number of anilines is 2. The fraction of sp³-hybridized carbons (Fsp3) is 0.111. The lowest BCUT2D eigenvalue weighted by Gasteiger charge is -2.09. The Hall–Kier alpha value is -2.68. The van der Waals surface area contributed by atoms with E-state index in [1.165, 1.54) is 21.8 Å². The molecule has 4 rings (SSSR count). The van der Waals surface area contributed by atoms with Crippen LogP contribution in [-0.4, -0.2) is 9.13 Å². The maximum Gasteiger partial charge on any atom is 0.112 e. The molecule has 2 aromatic carbocycles. The zero-order valence-corrected chi connectivity index (χ0v) is 12.2. The first-order chi connectivity index (χ1) is 10.2.